The Balaban J connectivity index is 2.99. The summed E-state index contributed by atoms with van der Waals surface area (Å²) in [5.74, 6) is -6.03. The molecule has 0 bridgehead atoms. The molecule has 5 atom stereocenters. The summed E-state index contributed by atoms with van der Waals surface area (Å²) in [6, 6.07) is 0.866. The minimum absolute atomic E-state index is 0.0178. The molecule has 0 aliphatic carbocycles. The van der Waals surface area contributed by atoms with Crippen molar-refractivity contribution in [3.63, 3.8) is 0 Å². The van der Waals surface area contributed by atoms with Crippen molar-refractivity contribution in [2.24, 2.45) is 11.7 Å². The van der Waals surface area contributed by atoms with E-state index < -0.39 is 72.7 Å². The number of amides is 4. The molecule has 38 heavy (non-hydrogen) atoms. The summed E-state index contributed by atoms with van der Waals surface area (Å²) in [4.78, 5) is 72.3. The smallest absolute Gasteiger partial charge is 0.322 e. The van der Waals surface area contributed by atoms with E-state index >= 15 is 0 Å². The minimum Gasteiger partial charge on any atom is -0.508 e. The molecule has 1 aromatic rings. The van der Waals surface area contributed by atoms with Gasteiger partial charge in [-0.2, -0.15) is 0 Å². The Kier molecular flexibility index (Phi) is 12.7. The summed E-state index contributed by atoms with van der Waals surface area (Å²) < 4.78 is 0. The molecule has 0 saturated heterocycles. The first-order chi connectivity index (χ1) is 17.7. The van der Waals surface area contributed by atoms with Gasteiger partial charge in [0.25, 0.3) is 0 Å². The van der Waals surface area contributed by atoms with Crippen LogP contribution in [0.3, 0.4) is 0 Å². The molecule has 0 aromatic heterocycles. The van der Waals surface area contributed by atoms with Crippen LogP contribution in [-0.2, 0) is 35.2 Å². The number of hydrogen-bond donors (Lipinski definition) is 8. The van der Waals surface area contributed by atoms with Crippen molar-refractivity contribution in [1.82, 2.24) is 21.3 Å². The minimum atomic E-state index is -1.43. The van der Waals surface area contributed by atoms with Crippen LogP contribution >= 0.6 is 0 Å². The van der Waals surface area contributed by atoms with Gasteiger partial charge in [-0.3, -0.25) is 28.8 Å². The topological polar surface area (TPSA) is 237 Å². The number of carboxylic acids is 2. The average molecular weight is 538 g/mol. The Labute approximate surface area is 219 Å². The van der Waals surface area contributed by atoms with Gasteiger partial charge in [-0.05, 0) is 30.5 Å². The molecule has 14 heteroatoms. The molecular weight excluding hydrogens is 502 g/mol. The first kappa shape index (κ1) is 31.8. The maximum Gasteiger partial charge on any atom is 0.322 e. The maximum atomic E-state index is 13.0. The van der Waals surface area contributed by atoms with E-state index in [9.17, 15) is 33.9 Å². The van der Waals surface area contributed by atoms with Crippen molar-refractivity contribution in [3.05, 3.63) is 29.8 Å². The summed E-state index contributed by atoms with van der Waals surface area (Å²) >= 11 is 0. The van der Waals surface area contributed by atoms with Crippen LogP contribution in [0.5, 0.6) is 5.75 Å². The van der Waals surface area contributed by atoms with E-state index in [4.69, 9.17) is 15.9 Å². The molecule has 1 rings (SSSR count). The predicted molar refractivity (Wildman–Crippen MR) is 134 cm³/mol. The fraction of sp³-hybridized carbons (Fsp3) is 0.500. The van der Waals surface area contributed by atoms with Crippen LogP contribution in [0.2, 0.25) is 0 Å². The third-order valence-electron chi connectivity index (χ3n) is 5.70. The van der Waals surface area contributed by atoms with Gasteiger partial charge in [-0.1, -0.05) is 32.4 Å². The van der Waals surface area contributed by atoms with Crippen LogP contribution in [0.15, 0.2) is 24.3 Å². The fourth-order valence-electron chi connectivity index (χ4n) is 3.27. The zero-order valence-electron chi connectivity index (χ0n) is 21.4. The average Bonchev–Trinajstić information content (AvgIpc) is 2.85. The molecule has 14 nitrogen and oxygen atoms in total. The molecule has 0 fully saturated rings. The Morgan fingerprint density at radius 1 is 0.842 bits per heavy atom. The number of phenolic OH excluding ortho intramolecular Hbond substituents is 1. The van der Waals surface area contributed by atoms with Crippen molar-refractivity contribution < 1.29 is 44.1 Å². The van der Waals surface area contributed by atoms with E-state index in [1.165, 1.54) is 31.2 Å². The van der Waals surface area contributed by atoms with Crippen LogP contribution in [0.1, 0.15) is 39.2 Å². The number of aliphatic carboxylic acids is 2. The molecule has 0 spiro atoms. The highest BCUT2D eigenvalue weighted by Gasteiger charge is 2.31. The standard InChI is InChI=1S/C24H35N5O9/c1-4-12(2)20(24(38)26-11-19(33)34)29-21(35)13(3)27-23(37)17(9-14-5-7-15(30)8-6-14)28-22(36)16(25)10-18(31)32/h5-8,12-13,16-17,20,30H,4,9-11,25H2,1-3H3,(H,26,38)(H,27,37)(H,28,36)(H,29,35)(H,31,32)(H,33,34)/t12-,13-,16-,17-,20-/m0/s1. The summed E-state index contributed by atoms with van der Waals surface area (Å²) in [5, 5.41) is 36.7. The predicted octanol–water partition coefficient (Wildman–Crippen LogP) is -1.54. The quantitative estimate of drug-likeness (QED) is 0.128. The van der Waals surface area contributed by atoms with Crippen molar-refractivity contribution in [2.75, 3.05) is 6.54 Å². The number of hydrogen-bond acceptors (Lipinski definition) is 8. The van der Waals surface area contributed by atoms with Crippen molar-refractivity contribution in [1.29, 1.82) is 0 Å². The van der Waals surface area contributed by atoms with E-state index in [1.54, 1.807) is 13.8 Å². The van der Waals surface area contributed by atoms with E-state index in [0.29, 0.717) is 12.0 Å². The van der Waals surface area contributed by atoms with Crippen molar-refractivity contribution in [2.45, 2.75) is 64.2 Å². The lowest BCUT2D eigenvalue weighted by atomic mass is 9.98. The number of rotatable bonds is 15. The summed E-state index contributed by atoms with van der Waals surface area (Å²) in [7, 11) is 0. The van der Waals surface area contributed by atoms with Gasteiger partial charge < -0.3 is 42.3 Å². The zero-order chi connectivity index (χ0) is 29.0. The van der Waals surface area contributed by atoms with Gasteiger partial charge in [0.15, 0.2) is 0 Å². The molecule has 0 aliphatic heterocycles. The molecule has 0 aliphatic rings. The van der Waals surface area contributed by atoms with E-state index in [-0.39, 0.29) is 18.1 Å². The summed E-state index contributed by atoms with van der Waals surface area (Å²) in [6.07, 6.45) is -0.248. The normalized spacial score (nSPS) is 14.6. The first-order valence-electron chi connectivity index (χ1n) is 11.9. The molecule has 0 unspecified atom stereocenters. The monoisotopic (exact) mass is 537 g/mol. The molecule has 1 aromatic carbocycles. The lowest BCUT2D eigenvalue weighted by molar-refractivity contribution is -0.140. The Bertz CT molecular complexity index is 1020. The number of benzene rings is 1. The van der Waals surface area contributed by atoms with E-state index in [2.05, 4.69) is 21.3 Å². The zero-order valence-corrected chi connectivity index (χ0v) is 21.4. The van der Waals surface area contributed by atoms with Crippen molar-refractivity contribution >= 4 is 35.6 Å². The molecule has 9 N–H and O–H groups in total. The summed E-state index contributed by atoms with van der Waals surface area (Å²) in [6.45, 7) is 4.20. The number of carbonyl (C=O) groups excluding carboxylic acids is 4. The largest absolute Gasteiger partial charge is 0.508 e. The Morgan fingerprint density at radius 3 is 1.97 bits per heavy atom. The Hall–Kier alpha value is -4.20. The number of carboxylic acid groups (broad SMARTS) is 2. The highest BCUT2D eigenvalue weighted by molar-refractivity contribution is 5.95. The lowest BCUT2D eigenvalue weighted by Crippen LogP contribution is -2.58. The van der Waals surface area contributed by atoms with Crippen molar-refractivity contribution in [3.8, 4) is 5.75 Å². The van der Waals surface area contributed by atoms with E-state index in [1.807, 2.05) is 0 Å². The fourth-order valence-corrected chi connectivity index (χ4v) is 3.27. The van der Waals surface area contributed by atoms with Gasteiger partial charge in [0.1, 0.15) is 30.4 Å². The SMILES string of the molecule is CC[C@H](C)[C@H](NC(=O)[C@H](C)NC(=O)[C@H](Cc1ccc(O)cc1)NC(=O)[C@@H](N)CC(=O)O)C(=O)NCC(=O)O. The third kappa shape index (κ3) is 10.8. The Morgan fingerprint density at radius 2 is 1.45 bits per heavy atom. The second-order valence-corrected chi connectivity index (χ2v) is 8.85. The van der Waals surface area contributed by atoms with Gasteiger partial charge >= 0.3 is 11.9 Å². The van der Waals surface area contributed by atoms with Crippen LogP contribution in [-0.4, -0.2) is 81.6 Å². The lowest BCUT2D eigenvalue weighted by Gasteiger charge is -2.26. The third-order valence-corrected chi connectivity index (χ3v) is 5.70. The number of nitrogens with two attached hydrogens (primary N) is 1. The second-order valence-electron chi connectivity index (χ2n) is 8.85. The highest BCUT2D eigenvalue weighted by atomic mass is 16.4. The van der Waals surface area contributed by atoms with Gasteiger partial charge in [-0.25, -0.2) is 0 Å². The van der Waals surface area contributed by atoms with Crippen LogP contribution in [0.4, 0.5) is 0 Å². The van der Waals surface area contributed by atoms with Gasteiger partial charge in [0, 0.05) is 6.42 Å². The van der Waals surface area contributed by atoms with Crippen LogP contribution < -0.4 is 27.0 Å². The molecule has 0 saturated carbocycles. The van der Waals surface area contributed by atoms with Gasteiger partial charge in [0.2, 0.25) is 23.6 Å². The molecule has 0 radical (unpaired) electrons. The number of carbonyl (C=O) groups is 6. The number of nitrogens with one attached hydrogen (secondary N) is 4. The summed E-state index contributed by atoms with van der Waals surface area (Å²) in [5.41, 5.74) is 6.14. The first-order valence-corrected chi connectivity index (χ1v) is 11.9. The molecular formula is C24H35N5O9. The maximum absolute atomic E-state index is 13.0. The number of aromatic hydroxyl groups is 1. The number of phenols is 1. The van der Waals surface area contributed by atoms with Crippen LogP contribution in [0, 0.1) is 5.92 Å². The molecule has 0 heterocycles. The van der Waals surface area contributed by atoms with Gasteiger partial charge in [0.05, 0.1) is 12.5 Å². The van der Waals surface area contributed by atoms with E-state index in [0.717, 1.165) is 0 Å². The highest BCUT2D eigenvalue weighted by Crippen LogP contribution is 2.12. The van der Waals surface area contributed by atoms with Crippen LogP contribution in [0.25, 0.3) is 0 Å². The second kappa shape index (κ2) is 15.1. The molecule has 210 valence electrons. The molecule has 4 amide bonds. The van der Waals surface area contributed by atoms with Gasteiger partial charge in [-0.15, -0.1) is 0 Å².